The Labute approximate surface area is 176 Å². The molecule has 6 nitrogen and oxygen atoms in total. The van der Waals surface area contributed by atoms with E-state index >= 15 is 0 Å². The summed E-state index contributed by atoms with van der Waals surface area (Å²) < 4.78 is 18.3. The average Bonchev–Trinajstić information content (AvgIpc) is 3.26. The van der Waals surface area contributed by atoms with Gasteiger partial charge in [-0.3, -0.25) is 9.59 Å². The number of halogens is 1. The molecule has 0 aliphatic carbocycles. The first-order chi connectivity index (χ1) is 14.4. The lowest BCUT2D eigenvalue weighted by Crippen LogP contribution is -2.32. The summed E-state index contributed by atoms with van der Waals surface area (Å²) in [6.45, 7) is 0.922. The smallest absolute Gasteiger partial charge is 0.338 e. The largest absolute Gasteiger partial charge is 0.452 e. The number of hydrogen-bond acceptors (Lipinski definition) is 5. The van der Waals surface area contributed by atoms with Gasteiger partial charge in [0.1, 0.15) is 5.82 Å². The number of hydrogen-bond donors (Lipinski definition) is 2. The molecule has 2 amide bonds. The zero-order valence-electron chi connectivity index (χ0n) is 16.1. The molecule has 154 valence electrons. The number of anilines is 1. The van der Waals surface area contributed by atoms with Gasteiger partial charge in [0, 0.05) is 17.5 Å². The fourth-order valence-electron chi connectivity index (χ4n) is 2.74. The fraction of sp³-hybridized carbons (Fsp3) is 0.136. The number of thiophene rings is 1. The molecule has 2 aromatic carbocycles. The normalized spacial score (nSPS) is 11.4. The molecule has 0 saturated heterocycles. The molecule has 3 aromatic rings. The average molecular weight is 426 g/mol. The molecule has 1 heterocycles. The summed E-state index contributed by atoms with van der Waals surface area (Å²) in [7, 11) is 0. The van der Waals surface area contributed by atoms with Crippen molar-refractivity contribution in [3.05, 3.63) is 87.9 Å². The Morgan fingerprint density at radius 2 is 1.73 bits per heavy atom. The Balaban J connectivity index is 1.61. The molecule has 8 heteroatoms. The maximum atomic E-state index is 13.3. The molecule has 30 heavy (non-hydrogen) atoms. The number of rotatable bonds is 7. The van der Waals surface area contributed by atoms with Crippen LogP contribution in [0.1, 0.15) is 33.8 Å². The zero-order chi connectivity index (χ0) is 21.5. The Bertz CT molecular complexity index is 1020. The maximum absolute atomic E-state index is 13.3. The van der Waals surface area contributed by atoms with Gasteiger partial charge in [0.05, 0.1) is 11.6 Å². The number of nitrogens with one attached hydrogen (secondary N) is 2. The molecule has 1 aromatic heterocycles. The van der Waals surface area contributed by atoms with Crippen molar-refractivity contribution in [2.75, 3.05) is 11.9 Å². The highest BCUT2D eigenvalue weighted by Crippen LogP contribution is 2.26. The van der Waals surface area contributed by atoms with Crippen LogP contribution in [-0.4, -0.2) is 24.4 Å². The Hall–Kier alpha value is -3.52. The minimum Gasteiger partial charge on any atom is -0.452 e. The summed E-state index contributed by atoms with van der Waals surface area (Å²) in [6.07, 6.45) is 0. The van der Waals surface area contributed by atoms with E-state index in [9.17, 15) is 18.8 Å². The number of amides is 2. The highest BCUT2D eigenvalue weighted by atomic mass is 32.1. The maximum Gasteiger partial charge on any atom is 0.338 e. The zero-order valence-corrected chi connectivity index (χ0v) is 16.9. The van der Waals surface area contributed by atoms with Gasteiger partial charge in [0.15, 0.2) is 6.61 Å². The summed E-state index contributed by atoms with van der Waals surface area (Å²) in [5.41, 5.74) is 1.52. The quantitative estimate of drug-likeness (QED) is 0.561. The lowest BCUT2D eigenvalue weighted by atomic mass is 10.1. The van der Waals surface area contributed by atoms with Gasteiger partial charge in [-0.2, -0.15) is 0 Å². The van der Waals surface area contributed by atoms with Crippen LogP contribution in [0.15, 0.2) is 66.0 Å². The van der Waals surface area contributed by atoms with Gasteiger partial charge in [0.25, 0.3) is 5.91 Å². The Morgan fingerprint density at radius 1 is 1.03 bits per heavy atom. The number of carbonyl (C=O) groups is 3. The summed E-state index contributed by atoms with van der Waals surface area (Å²) in [5, 5.41) is 7.29. The van der Waals surface area contributed by atoms with E-state index in [1.54, 1.807) is 24.3 Å². The van der Waals surface area contributed by atoms with Crippen molar-refractivity contribution in [3.8, 4) is 0 Å². The SMILES string of the molecule is CC(=O)Nc1ccc(C(=O)OCC(=O)NC(c2ccc(F)cc2)c2cccs2)cc1. The van der Waals surface area contributed by atoms with E-state index in [4.69, 9.17) is 4.74 Å². The number of esters is 1. The highest BCUT2D eigenvalue weighted by Gasteiger charge is 2.19. The van der Waals surface area contributed by atoms with E-state index in [0.717, 1.165) is 4.88 Å². The predicted octanol–water partition coefficient (Wildman–Crippen LogP) is 3.91. The second-order valence-corrected chi connectivity index (χ2v) is 7.38. The van der Waals surface area contributed by atoms with Crippen LogP contribution in [-0.2, 0) is 14.3 Å². The van der Waals surface area contributed by atoms with Crippen LogP contribution in [0.2, 0.25) is 0 Å². The van der Waals surface area contributed by atoms with Crippen molar-refractivity contribution >= 4 is 34.8 Å². The molecule has 0 bridgehead atoms. The van der Waals surface area contributed by atoms with Gasteiger partial charge in [-0.25, -0.2) is 9.18 Å². The second kappa shape index (κ2) is 9.80. The monoisotopic (exact) mass is 426 g/mol. The first-order valence-corrected chi connectivity index (χ1v) is 9.93. The Kier molecular flexibility index (Phi) is 6.92. The third-order valence-electron chi connectivity index (χ3n) is 4.11. The van der Waals surface area contributed by atoms with E-state index < -0.39 is 24.5 Å². The van der Waals surface area contributed by atoms with E-state index in [0.29, 0.717) is 11.3 Å². The number of benzene rings is 2. The van der Waals surface area contributed by atoms with Gasteiger partial charge in [-0.1, -0.05) is 18.2 Å². The molecule has 0 aliphatic rings. The topological polar surface area (TPSA) is 84.5 Å². The van der Waals surface area contributed by atoms with Gasteiger partial charge >= 0.3 is 5.97 Å². The number of ether oxygens (including phenoxy) is 1. The van der Waals surface area contributed by atoms with Gasteiger partial charge in [-0.05, 0) is 53.4 Å². The lowest BCUT2D eigenvalue weighted by molar-refractivity contribution is -0.124. The second-order valence-electron chi connectivity index (χ2n) is 6.40. The van der Waals surface area contributed by atoms with E-state index in [2.05, 4.69) is 10.6 Å². The number of carbonyl (C=O) groups excluding carboxylic acids is 3. The van der Waals surface area contributed by atoms with Gasteiger partial charge < -0.3 is 15.4 Å². The van der Waals surface area contributed by atoms with Crippen LogP contribution in [0.5, 0.6) is 0 Å². The molecule has 0 fully saturated rings. The lowest BCUT2D eigenvalue weighted by Gasteiger charge is -2.18. The van der Waals surface area contributed by atoms with Gasteiger partial charge in [0.2, 0.25) is 5.91 Å². The van der Waals surface area contributed by atoms with Crippen molar-refractivity contribution in [2.45, 2.75) is 13.0 Å². The van der Waals surface area contributed by atoms with Crippen molar-refractivity contribution in [2.24, 2.45) is 0 Å². The predicted molar refractivity (Wildman–Crippen MR) is 112 cm³/mol. The molecular weight excluding hydrogens is 407 g/mol. The highest BCUT2D eigenvalue weighted by molar-refractivity contribution is 7.10. The molecule has 0 saturated carbocycles. The minimum absolute atomic E-state index is 0.219. The summed E-state index contributed by atoms with van der Waals surface area (Å²) in [5.74, 6) is -1.73. The molecule has 0 spiro atoms. The van der Waals surface area contributed by atoms with Crippen molar-refractivity contribution in [1.82, 2.24) is 5.32 Å². The first kappa shape index (κ1) is 21.2. The van der Waals surface area contributed by atoms with Crippen LogP contribution in [0.25, 0.3) is 0 Å². The van der Waals surface area contributed by atoms with Crippen LogP contribution >= 0.6 is 11.3 Å². The summed E-state index contributed by atoms with van der Waals surface area (Å²) in [4.78, 5) is 36.5. The summed E-state index contributed by atoms with van der Waals surface area (Å²) >= 11 is 1.45. The van der Waals surface area contributed by atoms with Crippen LogP contribution in [0.3, 0.4) is 0 Å². The van der Waals surface area contributed by atoms with Crippen LogP contribution in [0.4, 0.5) is 10.1 Å². The first-order valence-electron chi connectivity index (χ1n) is 9.05. The standard InChI is InChI=1S/C22H19FN2O4S/c1-14(26)24-18-10-6-16(7-11-18)22(28)29-13-20(27)25-21(19-3-2-12-30-19)15-4-8-17(23)9-5-15/h2-12,21H,13H2,1H3,(H,24,26)(H,25,27). The minimum atomic E-state index is -0.658. The third kappa shape index (κ3) is 5.74. The summed E-state index contributed by atoms with van der Waals surface area (Å²) in [6, 6.07) is 15.2. The van der Waals surface area contributed by atoms with Crippen molar-refractivity contribution in [1.29, 1.82) is 0 Å². The van der Waals surface area contributed by atoms with E-state index in [-0.39, 0.29) is 17.3 Å². The fourth-order valence-corrected chi connectivity index (χ4v) is 3.54. The molecular formula is C22H19FN2O4S. The third-order valence-corrected chi connectivity index (χ3v) is 5.05. The molecule has 0 aliphatic heterocycles. The molecule has 1 unspecified atom stereocenters. The van der Waals surface area contributed by atoms with Crippen molar-refractivity contribution < 1.29 is 23.5 Å². The molecule has 0 radical (unpaired) electrons. The molecule has 1 atom stereocenters. The molecule has 2 N–H and O–H groups in total. The van der Waals surface area contributed by atoms with Crippen LogP contribution < -0.4 is 10.6 Å². The van der Waals surface area contributed by atoms with E-state index in [1.807, 2.05) is 17.5 Å². The van der Waals surface area contributed by atoms with Crippen molar-refractivity contribution in [3.63, 3.8) is 0 Å². The van der Waals surface area contributed by atoms with Gasteiger partial charge in [-0.15, -0.1) is 11.3 Å². The molecule has 3 rings (SSSR count). The van der Waals surface area contributed by atoms with Crippen LogP contribution in [0, 0.1) is 5.82 Å². The Morgan fingerprint density at radius 3 is 2.33 bits per heavy atom. The van der Waals surface area contributed by atoms with E-state index in [1.165, 1.54) is 42.5 Å².